The van der Waals surface area contributed by atoms with Gasteiger partial charge in [0, 0.05) is 18.3 Å². The summed E-state index contributed by atoms with van der Waals surface area (Å²) in [6.07, 6.45) is 7.10. The van der Waals surface area contributed by atoms with Crippen LogP contribution >= 0.6 is 0 Å². The van der Waals surface area contributed by atoms with Gasteiger partial charge < -0.3 is 5.32 Å². The lowest BCUT2D eigenvalue weighted by Crippen LogP contribution is -2.15. The first kappa shape index (κ1) is 14.7. The number of hydrogen-bond donors (Lipinski definition) is 1. The molecule has 2 aromatic rings. The maximum absolute atomic E-state index is 4.54. The van der Waals surface area contributed by atoms with Crippen molar-refractivity contribution in [2.45, 2.75) is 46.6 Å². The summed E-state index contributed by atoms with van der Waals surface area (Å²) < 4.78 is 1.99. The quantitative estimate of drug-likeness (QED) is 0.788. The third kappa shape index (κ3) is 3.45. The maximum Gasteiger partial charge on any atom is 0.153 e. The van der Waals surface area contributed by atoms with Crippen LogP contribution in [0.2, 0.25) is 0 Å². The normalized spacial score (nSPS) is 10.9. The molecule has 0 aliphatic heterocycles. The summed E-state index contributed by atoms with van der Waals surface area (Å²) in [6, 6.07) is 4.09. The predicted octanol–water partition coefficient (Wildman–Crippen LogP) is 3.03. The molecule has 0 saturated heterocycles. The molecule has 0 aromatic carbocycles. The minimum Gasteiger partial charge on any atom is -0.313 e. The fourth-order valence-electron chi connectivity index (χ4n) is 2.29. The van der Waals surface area contributed by atoms with E-state index in [1.807, 2.05) is 23.1 Å². The molecular weight excluding hydrogens is 248 g/mol. The molecule has 0 fully saturated rings. The van der Waals surface area contributed by atoms with E-state index in [0.717, 1.165) is 38.2 Å². The highest BCUT2D eigenvalue weighted by atomic mass is 15.3. The van der Waals surface area contributed by atoms with E-state index in [-0.39, 0.29) is 0 Å². The maximum atomic E-state index is 4.54. The average molecular weight is 272 g/mol. The third-order valence-electron chi connectivity index (χ3n) is 3.30. The SMILES string of the molecule is CCCNCc1cnn(-c2cc(C)ccn2)c1CCC. The molecule has 2 heterocycles. The van der Waals surface area contributed by atoms with Gasteiger partial charge in [0.15, 0.2) is 5.82 Å². The molecule has 0 unspecified atom stereocenters. The standard InChI is InChI=1S/C16H24N4/c1-4-6-15-14(11-17-8-5-2)12-19-20(15)16-10-13(3)7-9-18-16/h7,9-10,12,17H,4-6,8,11H2,1-3H3. The molecule has 4 heteroatoms. The van der Waals surface area contributed by atoms with Gasteiger partial charge in [0.2, 0.25) is 0 Å². The van der Waals surface area contributed by atoms with Gasteiger partial charge in [-0.3, -0.25) is 0 Å². The Morgan fingerprint density at radius 2 is 2.10 bits per heavy atom. The van der Waals surface area contributed by atoms with Crippen molar-refractivity contribution in [1.29, 1.82) is 0 Å². The first-order valence-corrected chi connectivity index (χ1v) is 7.45. The highest BCUT2D eigenvalue weighted by Gasteiger charge is 2.12. The van der Waals surface area contributed by atoms with Crippen molar-refractivity contribution >= 4 is 0 Å². The van der Waals surface area contributed by atoms with Gasteiger partial charge in [-0.25, -0.2) is 9.67 Å². The van der Waals surface area contributed by atoms with Crippen molar-refractivity contribution in [1.82, 2.24) is 20.1 Å². The molecular formula is C16H24N4. The minimum atomic E-state index is 0.884. The second kappa shape index (κ2) is 7.20. The van der Waals surface area contributed by atoms with Gasteiger partial charge >= 0.3 is 0 Å². The molecule has 20 heavy (non-hydrogen) atoms. The van der Waals surface area contributed by atoms with Crippen molar-refractivity contribution in [2.24, 2.45) is 0 Å². The molecule has 2 rings (SSSR count). The van der Waals surface area contributed by atoms with Crippen LogP contribution in [0.4, 0.5) is 0 Å². The molecule has 4 nitrogen and oxygen atoms in total. The van der Waals surface area contributed by atoms with Gasteiger partial charge in [0.05, 0.1) is 11.9 Å². The van der Waals surface area contributed by atoms with Crippen LogP contribution in [0.1, 0.15) is 43.5 Å². The number of aryl methyl sites for hydroxylation is 1. The van der Waals surface area contributed by atoms with Crippen molar-refractivity contribution in [3.05, 3.63) is 41.3 Å². The summed E-state index contributed by atoms with van der Waals surface area (Å²) in [6.45, 7) is 8.39. The van der Waals surface area contributed by atoms with E-state index in [1.54, 1.807) is 0 Å². The van der Waals surface area contributed by atoms with Gasteiger partial charge in [-0.2, -0.15) is 5.10 Å². The smallest absolute Gasteiger partial charge is 0.153 e. The van der Waals surface area contributed by atoms with Crippen LogP contribution in [0.5, 0.6) is 0 Å². The Balaban J connectivity index is 2.28. The Morgan fingerprint density at radius 3 is 2.80 bits per heavy atom. The van der Waals surface area contributed by atoms with E-state index < -0.39 is 0 Å². The lowest BCUT2D eigenvalue weighted by atomic mass is 10.1. The molecule has 0 aliphatic carbocycles. The number of rotatable bonds is 7. The first-order chi connectivity index (χ1) is 9.76. The second-order valence-electron chi connectivity index (χ2n) is 5.15. The number of aromatic nitrogens is 3. The van der Waals surface area contributed by atoms with Crippen LogP contribution in [0.15, 0.2) is 24.5 Å². The molecule has 1 N–H and O–H groups in total. The van der Waals surface area contributed by atoms with E-state index in [9.17, 15) is 0 Å². The van der Waals surface area contributed by atoms with Crippen LogP contribution in [0.25, 0.3) is 5.82 Å². The highest BCUT2D eigenvalue weighted by Crippen LogP contribution is 2.16. The lowest BCUT2D eigenvalue weighted by Gasteiger charge is -2.09. The van der Waals surface area contributed by atoms with Crippen molar-refractivity contribution in [3.63, 3.8) is 0 Å². The molecule has 0 saturated carbocycles. The van der Waals surface area contributed by atoms with Crippen molar-refractivity contribution in [2.75, 3.05) is 6.54 Å². The first-order valence-electron chi connectivity index (χ1n) is 7.45. The van der Waals surface area contributed by atoms with Gasteiger partial charge in [0.1, 0.15) is 0 Å². The van der Waals surface area contributed by atoms with Crippen LogP contribution in [0.3, 0.4) is 0 Å². The number of nitrogens with one attached hydrogen (secondary N) is 1. The zero-order valence-corrected chi connectivity index (χ0v) is 12.7. The predicted molar refractivity (Wildman–Crippen MR) is 82.1 cm³/mol. The van der Waals surface area contributed by atoms with Crippen molar-refractivity contribution < 1.29 is 0 Å². The highest BCUT2D eigenvalue weighted by molar-refractivity contribution is 5.31. The Labute approximate surface area is 121 Å². The van der Waals surface area contributed by atoms with Crippen molar-refractivity contribution in [3.8, 4) is 5.82 Å². The van der Waals surface area contributed by atoms with E-state index in [0.29, 0.717) is 0 Å². The summed E-state index contributed by atoms with van der Waals surface area (Å²) in [4.78, 5) is 4.44. The molecule has 0 spiro atoms. The fraction of sp³-hybridized carbons (Fsp3) is 0.500. The zero-order valence-electron chi connectivity index (χ0n) is 12.7. The van der Waals surface area contributed by atoms with Gasteiger partial charge in [-0.15, -0.1) is 0 Å². The molecule has 0 bridgehead atoms. The molecule has 0 amide bonds. The number of pyridine rings is 1. The van der Waals surface area contributed by atoms with Crippen LogP contribution in [-0.4, -0.2) is 21.3 Å². The minimum absolute atomic E-state index is 0.884. The summed E-state index contributed by atoms with van der Waals surface area (Å²) in [5.41, 5.74) is 3.76. The molecule has 0 atom stereocenters. The van der Waals surface area contributed by atoms with E-state index in [4.69, 9.17) is 0 Å². The van der Waals surface area contributed by atoms with E-state index in [2.05, 4.69) is 42.2 Å². The fourth-order valence-corrected chi connectivity index (χ4v) is 2.29. The average Bonchev–Trinajstić information content (AvgIpc) is 2.83. The Morgan fingerprint density at radius 1 is 1.25 bits per heavy atom. The molecule has 0 radical (unpaired) electrons. The zero-order chi connectivity index (χ0) is 14.4. The summed E-state index contributed by atoms with van der Waals surface area (Å²) in [5, 5.41) is 7.99. The third-order valence-corrected chi connectivity index (χ3v) is 3.30. The largest absolute Gasteiger partial charge is 0.313 e. The summed E-state index contributed by atoms with van der Waals surface area (Å²) >= 11 is 0. The Hall–Kier alpha value is -1.68. The number of nitrogens with zero attached hydrogens (tertiary/aromatic N) is 3. The van der Waals surface area contributed by atoms with Gasteiger partial charge in [0.25, 0.3) is 0 Å². The van der Waals surface area contributed by atoms with Crippen LogP contribution < -0.4 is 5.32 Å². The topological polar surface area (TPSA) is 42.7 Å². The molecule has 108 valence electrons. The van der Waals surface area contributed by atoms with E-state index >= 15 is 0 Å². The number of hydrogen-bond acceptors (Lipinski definition) is 3. The second-order valence-corrected chi connectivity index (χ2v) is 5.15. The van der Waals surface area contributed by atoms with Gasteiger partial charge in [-0.05, 0) is 44.0 Å². The monoisotopic (exact) mass is 272 g/mol. The lowest BCUT2D eigenvalue weighted by molar-refractivity contribution is 0.665. The molecule has 2 aromatic heterocycles. The van der Waals surface area contributed by atoms with E-state index in [1.165, 1.54) is 16.8 Å². The summed E-state index contributed by atoms with van der Waals surface area (Å²) in [7, 11) is 0. The molecule has 0 aliphatic rings. The summed E-state index contributed by atoms with van der Waals surface area (Å²) in [5.74, 6) is 0.912. The Bertz CT molecular complexity index is 545. The van der Waals surface area contributed by atoms with Crippen LogP contribution in [0, 0.1) is 6.92 Å². The Kier molecular flexibility index (Phi) is 5.30. The van der Waals surface area contributed by atoms with Gasteiger partial charge in [-0.1, -0.05) is 20.3 Å². The van der Waals surface area contributed by atoms with Crippen LogP contribution in [-0.2, 0) is 13.0 Å².